The summed E-state index contributed by atoms with van der Waals surface area (Å²) in [7, 11) is 1.70. The summed E-state index contributed by atoms with van der Waals surface area (Å²) in [6, 6.07) is 8.61. The van der Waals surface area contributed by atoms with Crippen LogP contribution in [0.5, 0.6) is 0 Å². The summed E-state index contributed by atoms with van der Waals surface area (Å²) in [5.41, 5.74) is 1.89. The molecule has 0 spiro atoms. The SMILES string of the molecule is COCc1cc(N2CCC(Nc3cccc(C)n3)CC2)nc(C(C)(C)C)n1. The molecule has 6 nitrogen and oxygen atoms in total. The van der Waals surface area contributed by atoms with E-state index < -0.39 is 0 Å². The summed E-state index contributed by atoms with van der Waals surface area (Å²) in [6.07, 6.45) is 2.12. The van der Waals surface area contributed by atoms with Gasteiger partial charge in [-0.25, -0.2) is 15.0 Å². The summed E-state index contributed by atoms with van der Waals surface area (Å²) in [6.45, 7) is 10.9. The Morgan fingerprint density at radius 3 is 2.52 bits per heavy atom. The van der Waals surface area contributed by atoms with Crippen LogP contribution < -0.4 is 10.2 Å². The molecule has 1 aliphatic rings. The number of nitrogens with one attached hydrogen (secondary N) is 1. The van der Waals surface area contributed by atoms with Gasteiger partial charge in [-0.3, -0.25) is 0 Å². The summed E-state index contributed by atoms with van der Waals surface area (Å²) >= 11 is 0. The maximum absolute atomic E-state index is 5.31. The molecular weight excluding hydrogens is 338 g/mol. The van der Waals surface area contributed by atoms with Gasteiger partial charge in [-0.2, -0.15) is 0 Å². The van der Waals surface area contributed by atoms with E-state index in [9.17, 15) is 0 Å². The highest BCUT2D eigenvalue weighted by Gasteiger charge is 2.24. The average molecular weight is 370 g/mol. The molecule has 3 rings (SSSR count). The second-order valence-corrected chi connectivity index (χ2v) is 8.29. The smallest absolute Gasteiger partial charge is 0.136 e. The Bertz CT molecular complexity index is 763. The normalized spacial score (nSPS) is 15.8. The van der Waals surface area contributed by atoms with Crippen molar-refractivity contribution in [3.8, 4) is 0 Å². The van der Waals surface area contributed by atoms with Gasteiger partial charge in [-0.05, 0) is 31.9 Å². The molecule has 1 aliphatic heterocycles. The van der Waals surface area contributed by atoms with Crippen molar-refractivity contribution in [3.05, 3.63) is 41.5 Å². The zero-order valence-corrected chi connectivity index (χ0v) is 17.1. The van der Waals surface area contributed by atoms with Gasteiger partial charge in [0.1, 0.15) is 17.5 Å². The minimum atomic E-state index is -0.0881. The summed E-state index contributed by atoms with van der Waals surface area (Å²) in [5, 5.41) is 3.57. The molecule has 6 heteroatoms. The molecule has 0 unspecified atom stereocenters. The number of rotatable bonds is 5. The first kappa shape index (κ1) is 19.5. The van der Waals surface area contributed by atoms with Gasteiger partial charge in [0.25, 0.3) is 0 Å². The van der Waals surface area contributed by atoms with Crippen LogP contribution in [0, 0.1) is 6.92 Å². The molecule has 0 atom stereocenters. The van der Waals surface area contributed by atoms with Crippen LogP contribution in [0.15, 0.2) is 24.3 Å². The Morgan fingerprint density at radius 1 is 1.15 bits per heavy atom. The molecule has 27 heavy (non-hydrogen) atoms. The summed E-state index contributed by atoms with van der Waals surface area (Å²) in [4.78, 5) is 16.5. The van der Waals surface area contributed by atoms with E-state index in [1.807, 2.05) is 25.1 Å². The summed E-state index contributed by atoms with van der Waals surface area (Å²) in [5.74, 6) is 2.85. The fraction of sp³-hybridized carbons (Fsp3) is 0.571. The molecule has 0 saturated carbocycles. The molecule has 1 N–H and O–H groups in total. The van der Waals surface area contributed by atoms with Crippen LogP contribution >= 0.6 is 0 Å². The lowest BCUT2D eigenvalue weighted by atomic mass is 9.95. The van der Waals surface area contributed by atoms with Gasteiger partial charge in [0, 0.05) is 43.4 Å². The van der Waals surface area contributed by atoms with Gasteiger partial charge in [-0.15, -0.1) is 0 Å². The van der Waals surface area contributed by atoms with E-state index >= 15 is 0 Å². The minimum absolute atomic E-state index is 0.0881. The van der Waals surface area contributed by atoms with E-state index in [1.165, 1.54) is 0 Å². The van der Waals surface area contributed by atoms with Crippen molar-refractivity contribution in [2.45, 2.75) is 58.6 Å². The number of anilines is 2. The van der Waals surface area contributed by atoms with Gasteiger partial charge in [-0.1, -0.05) is 26.8 Å². The highest BCUT2D eigenvalue weighted by atomic mass is 16.5. The molecule has 0 aromatic carbocycles. The lowest BCUT2D eigenvalue weighted by Gasteiger charge is -2.34. The van der Waals surface area contributed by atoms with E-state index in [-0.39, 0.29) is 5.41 Å². The Labute approximate surface area is 162 Å². The molecule has 0 radical (unpaired) electrons. The fourth-order valence-corrected chi connectivity index (χ4v) is 3.29. The fourth-order valence-electron chi connectivity index (χ4n) is 3.29. The Balaban J connectivity index is 1.69. The monoisotopic (exact) mass is 369 g/mol. The number of aryl methyl sites for hydroxylation is 1. The summed E-state index contributed by atoms with van der Waals surface area (Å²) < 4.78 is 5.31. The molecule has 0 aliphatic carbocycles. The quantitative estimate of drug-likeness (QED) is 0.867. The minimum Gasteiger partial charge on any atom is -0.378 e. The third-order valence-corrected chi connectivity index (χ3v) is 4.79. The number of nitrogens with zero attached hydrogens (tertiary/aromatic N) is 4. The number of pyridine rings is 1. The molecule has 1 fully saturated rings. The molecule has 1 saturated heterocycles. The van der Waals surface area contributed by atoms with Gasteiger partial charge in [0.2, 0.25) is 0 Å². The van der Waals surface area contributed by atoms with Crippen LogP contribution in [0.25, 0.3) is 0 Å². The molecule has 2 aromatic heterocycles. The van der Waals surface area contributed by atoms with Crippen molar-refractivity contribution in [1.29, 1.82) is 0 Å². The maximum atomic E-state index is 5.31. The number of hydrogen-bond acceptors (Lipinski definition) is 6. The van der Waals surface area contributed by atoms with Crippen LogP contribution in [-0.4, -0.2) is 41.2 Å². The topological polar surface area (TPSA) is 63.2 Å². The van der Waals surface area contributed by atoms with Gasteiger partial charge in [0.15, 0.2) is 0 Å². The van der Waals surface area contributed by atoms with E-state index in [2.05, 4.69) is 47.0 Å². The maximum Gasteiger partial charge on any atom is 0.136 e. The van der Waals surface area contributed by atoms with Gasteiger partial charge in [0.05, 0.1) is 12.3 Å². The van der Waals surface area contributed by atoms with Crippen molar-refractivity contribution in [2.24, 2.45) is 0 Å². The van der Waals surface area contributed by atoms with Crippen LogP contribution in [-0.2, 0) is 16.8 Å². The molecule has 146 valence electrons. The predicted octanol–water partition coefficient (Wildman–Crippen LogP) is 3.70. The van der Waals surface area contributed by atoms with Crippen molar-refractivity contribution in [2.75, 3.05) is 30.4 Å². The van der Waals surface area contributed by atoms with Gasteiger partial charge < -0.3 is 15.0 Å². The number of methoxy groups -OCH3 is 1. The molecule has 3 heterocycles. The first-order valence-corrected chi connectivity index (χ1v) is 9.67. The van der Waals surface area contributed by atoms with E-state index in [0.717, 1.165) is 54.8 Å². The molecular formula is C21H31N5O. The van der Waals surface area contributed by atoms with E-state index in [1.54, 1.807) is 7.11 Å². The van der Waals surface area contributed by atoms with Crippen LogP contribution in [0.4, 0.5) is 11.6 Å². The van der Waals surface area contributed by atoms with E-state index in [4.69, 9.17) is 9.72 Å². The third-order valence-electron chi connectivity index (χ3n) is 4.79. The lowest BCUT2D eigenvalue weighted by molar-refractivity contribution is 0.181. The highest BCUT2D eigenvalue weighted by molar-refractivity contribution is 5.42. The predicted molar refractivity (Wildman–Crippen MR) is 109 cm³/mol. The van der Waals surface area contributed by atoms with Crippen molar-refractivity contribution >= 4 is 11.6 Å². The van der Waals surface area contributed by atoms with Gasteiger partial charge >= 0.3 is 0 Å². The Hall–Kier alpha value is -2.21. The number of aromatic nitrogens is 3. The second kappa shape index (κ2) is 8.21. The van der Waals surface area contributed by atoms with Crippen molar-refractivity contribution < 1.29 is 4.74 Å². The zero-order chi connectivity index (χ0) is 19.4. The highest BCUT2D eigenvalue weighted by Crippen LogP contribution is 2.25. The molecule has 0 bridgehead atoms. The first-order valence-electron chi connectivity index (χ1n) is 9.67. The van der Waals surface area contributed by atoms with Crippen LogP contribution in [0.3, 0.4) is 0 Å². The van der Waals surface area contributed by atoms with Crippen molar-refractivity contribution in [3.63, 3.8) is 0 Å². The molecule has 0 amide bonds. The largest absolute Gasteiger partial charge is 0.378 e. The average Bonchev–Trinajstić information content (AvgIpc) is 2.62. The third kappa shape index (κ3) is 5.16. The van der Waals surface area contributed by atoms with E-state index in [0.29, 0.717) is 12.6 Å². The Kier molecular flexibility index (Phi) is 5.95. The number of ether oxygens (including phenoxy) is 1. The lowest BCUT2D eigenvalue weighted by Crippen LogP contribution is -2.40. The van der Waals surface area contributed by atoms with Crippen molar-refractivity contribution in [1.82, 2.24) is 15.0 Å². The Morgan fingerprint density at radius 2 is 1.89 bits per heavy atom. The number of hydrogen-bond donors (Lipinski definition) is 1. The van der Waals surface area contributed by atoms with Crippen LogP contribution in [0.2, 0.25) is 0 Å². The zero-order valence-electron chi connectivity index (χ0n) is 17.1. The molecule has 2 aromatic rings. The second-order valence-electron chi connectivity index (χ2n) is 8.29. The number of piperidine rings is 1. The first-order chi connectivity index (χ1) is 12.8. The standard InChI is InChI=1S/C21H31N5O/c1-15-7-6-8-18(22-15)23-16-9-11-26(12-10-16)19-13-17(14-27-5)24-20(25-19)21(2,3)4/h6-8,13,16H,9-12,14H2,1-5H3,(H,22,23). The van der Waals surface area contributed by atoms with Crippen LogP contribution in [0.1, 0.15) is 50.8 Å².